The highest BCUT2D eigenvalue weighted by Gasteiger charge is 2.21. The Labute approximate surface area is 158 Å². The molecule has 1 aliphatic rings. The lowest BCUT2D eigenvalue weighted by molar-refractivity contribution is 0.142. The molecule has 1 N–H and O–H groups in total. The number of carbonyl (C=O) groups is 1. The van der Waals surface area contributed by atoms with Crippen LogP contribution in [0.1, 0.15) is 5.69 Å². The number of amides is 2. The van der Waals surface area contributed by atoms with E-state index in [4.69, 9.17) is 0 Å². The fourth-order valence-corrected chi connectivity index (χ4v) is 3.78. The van der Waals surface area contributed by atoms with Gasteiger partial charge in [-0.3, -0.25) is 14.1 Å². The van der Waals surface area contributed by atoms with E-state index in [1.807, 2.05) is 5.38 Å². The molecule has 7 nitrogen and oxygen atoms in total. The highest BCUT2D eigenvalue weighted by molar-refractivity contribution is 7.15. The van der Waals surface area contributed by atoms with Crippen molar-refractivity contribution in [2.24, 2.45) is 0 Å². The minimum absolute atomic E-state index is 0.0754. The zero-order valence-corrected chi connectivity index (χ0v) is 15.3. The van der Waals surface area contributed by atoms with Gasteiger partial charge in [0.15, 0.2) is 4.96 Å². The molecule has 2 amide bonds. The van der Waals surface area contributed by atoms with Gasteiger partial charge in [-0.25, -0.2) is 14.2 Å². The number of halogens is 1. The van der Waals surface area contributed by atoms with Gasteiger partial charge < -0.3 is 10.2 Å². The first-order valence-electron chi connectivity index (χ1n) is 8.58. The molecule has 0 unspecified atom stereocenters. The van der Waals surface area contributed by atoms with Crippen molar-refractivity contribution in [1.29, 1.82) is 0 Å². The number of fused-ring (bicyclic) bond motifs is 1. The van der Waals surface area contributed by atoms with E-state index in [1.165, 1.54) is 40.0 Å². The zero-order valence-electron chi connectivity index (χ0n) is 14.5. The van der Waals surface area contributed by atoms with Gasteiger partial charge in [0, 0.05) is 56.1 Å². The van der Waals surface area contributed by atoms with Crippen molar-refractivity contribution in [3.63, 3.8) is 0 Å². The van der Waals surface area contributed by atoms with Crippen LogP contribution in [0.5, 0.6) is 0 Å². The quantitative estimate of drug-likeness (QED) is 0.748. The third-order valence-corrected chi connectivity index (χ3v) is 5.25. The Bertz CT molecular complexity index is 1010. The molecule has 0 saturated carbocycles. The predicted molar refractivity (Wildman–Crippen MR) is 102 cm³/mol. The van der Waals surface area contributed by atoms with Crippen LogP contribution in [0.2, 0.25) is 0 Å². The van der Waals surface area contributed by atoms with Gasteiger partial charge in [-0.05, 0) is 24.3 Å². The van der Waals surface area contributed by atoms with Gasteiger partial charge in [0.1, 0.15) is 5.82 Å². The summed E-state index contributed by atoms with van der Waals surface area (Å²) in [6.07, 6.45) is 1.72. The summed E-state index contributed by atoms with van der Waals surface area (Å²) < 4.78 is 14.5. The Morgan fingerprint density at radius 3 is 2.67 bits per heavy atom. The van der Waals surface area contributed by atoms with E-state index in [-0.39, 0.29) is 17.4 Å². The molecule has 1 aromatic carbocycles. The number of hydrogen-bond donors (Lipinski definition) is 1. The van der Waals surface area contributed by atoms with E-state index in [0.29, 0.717) is 43.4 Å². The molecule has 1 aliphatic heterocycles. The van der Waals surface area contributed by atoms with Crippen LogP contribution in [0.4, 0.5) is 14.9 Å². The Hall–Kier alpha value is -2.78. The van der Waals surface area contributed by atoms with Crippen LogP contribution in [-0.2, 0) is 6.54 Å². The summed E-state index contributed by atoms with van der Waals surface area (Å²) in [7, 11) is 0. The zero-order chi connectivity index (χ0) is 18.8. The van der Waals surface area contributed by atoms with Gasteiger partial charge >= 0.3 is 6.03 Å². The molecule has 0 bridgehead atoms. The van der Waals surface area contributed by atoms with Crippen LogP contribution in [0.3, 0.4) is 0 Å². The summed E-state index contributed by atoms with van der Waals surface area (Å²) in [5.74, 6) is -0.337. The van der Waals surface area contributed by atoms with Gasteiger partial charge in [-0.15, -0.1) is 11.3 Å². The largest absolute Gasteiger partial charge is 0.322 e. The summed E-state index contributed by atoms with van der Waals surface area (Å²) in [5, 5.41) is 4.61. The lowest BCUT2D eigenvalue weighted by atomic mass is 10.3. The molecular formula is C18H18FN5O2S. The molecule has 0 aliphatic carbocycles. The molecular weight excluding hydrogens is 369 g/mol. The SMILES string of the molecule is O=C(Nc1ccc(F)cc1)N1CCN(Cc2cc(=O)n3ccsc3n2)CC1. The fourth-order valence-electron chi connectivity index (χ4n) is 3.04. The smallest absolute Gasteiger partial charge is 0.321 e. The Morgan fingerprint density at radius 2 is 1.93 bits per heavy atom. The maximum atomic E-state index is 12.9. The molecule has 3 aromatic rings. The van der Waals surface area contributed by atoms with Crippen molar-refractivity contribution >= 4 is 28.0 Å². The first-order valence-corrected chi connectivity index (χ1v) is 9.46. The molecule has 0 radical (unpaired) electrons. The van der Waals surface area contributed by atoms with E-state index < -0.39 is 0 Å². The van der Waals surface area contributed by atoms with Crippen molar-refractivity contribution in [3.05, 3.63) is 63.8 Å². The third kappa shape index (κ3) is 3.99. The van der Waals surface area contributed by atoms with Crippen LogP contribution in [0.25, 0.3) is 4.96 Å². The molecule has 140 valence electrons. The lowest BCUT2D eigenvalue weighted by Gasteiger charge is -2.34. The molecule has 0 atom stereocenters. The standard InChI is InChI=1S/C18H18FN5O2S/c19-13-1-3-14(4-2-13)20-17(26)23-7-5-22(6-8-23)12-15-11-16(25)24-9-10-27-18(24)21-15/h1-4,9-11H,5-8,12H2,(H,20,26). The van der Waals surface area contributed by atoms with E-state index >= 15 is 0 Å². The Morgan fingerprint density at radius 1 is 1.19 bits per heavy atom. The van der Waals surface area contributed by atoms with Crippen LogP contribution < -0.4 is 10.9 Å². The van der Waals surface area contributed by atoms with Crippen LogP contribution in [-0.4, -0.2) is 51.4 Å². The summed E-state index contributed by atoms with van der Waals surface area (Å²) in [4.78, 5) is 33.5. The number of urea groups is 1. The fraction of sp³-hybridized carbons (Fsp3) is 0.278. The maximum absolute atomic E-state index is 12.9. The number of hydrogen-bond acceptors (Lipinski definition) is 5. The lowest BCUT2D eigenvalue weighted by Crippen LogP contribution is -2.49. The molecule has 1 fully saturated rings. The summed E-state index contributed by atoms with van der Waals surface area (Å²) in [5.41, 5.74) is 1.23. The molecule has 0 spiro atoms. The van der Waals surface area contributed by atoms with E-state index in [0.717, 1.165) is 5.69 Å². The van der Waals surface area contributed by atoms with E-state index in [2.05, 4.69) is 15.2 Å². The highest BCUT2D eigenvalue weighted by atomic mass is 32.1. The normalized spacial score (nSPS) is 15.2. The predicted octanol–water partition coefficient (Wildman–Crippen LogP) is 2.24. The van der Waals surface area contributed by atoms with Crippen LogP contribution in [0.15, 0.2) is 46.7 Å². The maximum Gasteiger partial charge on any atom is 0.321 e. The number of nitrogens with one attached hydrogen (secondary N) is 1. The average Bonchev–Trinajstić information content (AvgIpc) is 3.13. The summed E-state index contributed by atoms with van der Waals surface area (Å²) >= 11 is 1.43. The molecule has 27 heavy (non-hydrogen) atoms. The number of benzene rings is 1. The molecule has 2 aromatic heterocycles. The van der Waals surface area contributed by atoms with Gasteiger partial charge in [-0.1, -0.05) is 0 Å². The van der Waals surface area contributed by atoms with Gasteiger partial charge in [-0.2, -0.15) is 0 Å². The topological polar surface area (TPSA) is 70.0 Å². The van der Waals surface area contributed by atoms with Crippen molar-refractivity contribution in [2.75, 3.05) is 31.5 Å². The van der Waals surface area contributed by atoms with Crippen molar-refractivity contribution in [1.82, 2.24) is 19.2 Å². The van der Waals surface area contributed by atoms with Crippen molar-refractivity contribution < 1.29 is 9.18 Å². The van der Waals surface area contributed by atoms with Crippen LogP contribution >= 0.6 is 11.3 Å². The summed E-state index contributed by atoms with van der Waals surface area (Å²) in [6, 6.07) is 7.06. The highest BCUT2D eigenvalue weighted by Crippen LogP contribution is 2.12. The number of nitrogens with zero attached hydrogens (tertiary/aromatic N) is 4. The van der Waals surface area contributed by atoms with Gasteiger partial charge in [0.25, 0.3) is 5.56 Å². The Kier molecular flexibility index (Phi) is 4.87. The number of aromatic nitrogens is 2. The number of carbonyl (C=O) groups excluding carboxylic acids is 1. The number of piperazine rings is 1. The second-order valence-corrected chi connectivity index (χ2v) is 7.21. The molecule has 9 heteroatoms. The van der Waals surface area contributed by atoms with E-state index in [9.17, 15) is 14.0 Å². The van der Waals surface area contributed by atoms with Crippen molar-refractivity contribution in [3.8, 4) is 0 Å². The number of anilines is 1. The second-order valence-electron chi connectivity index (χ2n) is 6.34. The second kappa shape index (κ2) is 7.45. The van der Waals surface area contributed by atoms with Crippen LogP contribution in [0, 0.1) is 5.82 Å². The van der Waals surface area contributed by atoms with Gasteiger partial charge in [0.2, 0.25) is 0 Å². The first-order chi connectivity index (χ1) is 13.1. The average molecular weight is 387 g/mol. The summed E-state index contributed by atoms with van der Waals surface area (Å²) in [6.45, 7) is 3.13. The molecule has 4 rings (SSSR count). The molecule has 1 saturated heterocycles. The first kappa shape index (κ1) is 17.6. The number of thiazole rings is 1. The van der Waals surface area contributed by atoms with E-state index in [1.54, 1.807) is 17.2 Å². The van der Waals surface area contributed by atoms with Crippen molar-refractivity contribution in [2.45, 2.75) is 6.54 Å². The Balaban J connectivity index is 1.33. The monoisotopic (exact) mass is 387 g/mol. The van der Waals surface area contributed by atoms with Gasteiger partial charge in [0.05, 0.1) is 5.69 Å². The minimum atomic E-state index is -0.337. The number of rotatable bonds is 3. The minimum Gasteiger partial charge on any atom is -0.322 e. The third-order valence-electron chi connectivity index (χ3n) is 4.50. The molecule has 3 heterocycles.